The van der Waals surface area contributed by atoms with Crippen LogP contribution in [-0.4, -0.2) is 16.0 Å². The van der Waals surface area contributed by atoms with Gasteiger partial charge in [-0.15, -0.1) is 0 Å². The van der Waals surface area contributed by atoms with E-state index in [1.807, 2.05) is 48.5 Å². The number of aryl methyl sites for hydroxylation is 1. The second-order valence-electron chi connectivity index (χ2n) is 5.30. The van der Waals surface area contributed by atoms with Crippen LogP contribution < -0.4 is 10.6 Å². The van der Waals surface area contributed by atoms with E-state index in [-0.39, 0.29) is 5.91 Å². The summed E-state index contributed by atoms with van der Waals surface area (Å²) in [6.45, 7) is 2.61. The van der Waals surface area contributed by atoms with E-state index >= 15 is 0 Å². The first-order valence-electron chi connectivity index (χ1n) is 7.66. The number of hydrogen-bond donors (Lipinski definition) is 2. The molecule has 0 spiro atoms. The van der Waals surface area contributed by atoms with Crippen LogP contribution in [0.2, 0.25) is 0 Å². The fourth-order valence-electron chi connectivity index (χ4n) is 2.29. The fourth-order valence-corrected chi connectivity index (χ4v) is 2.29. The van der Waals surface area contributed by atoms with Crippen molar-refractivity contribution in [1.29, 1.82) is 0 Å². The number of aromatic nitrogens is 2. The normalized spacial score (nSPS) is 10.4. The number of hydrogen-bond acceptors (Lipinski definition) is 5. The van der Waals surface area contributed by atoms with Crippen molar-refractivity contribution in [2.24, 2.45) is 0 Å². The van der Waals surface area contributed by atoms with Gasteiger partial charge in [0, 0.05) is 12.2 Å². The van der Waals surface area contributed by atoms with Crippen molar-refractivity contribution in [3.63, 3.8) is 0 Å². The third-order valence-corrected chi connectivity index (χ3v) is 3.47. The summed E-state index contributed by atoms with van der Waals surface area (Å²) in [4.78, 5) is 16.6. The van der Waals surface area contributed by atoms with Crippen LogP contribution >= 0.6 is 0 Å². The number of carbonyl (C=O) groups excluding carboxylic acids is 1. The monoisotopic (exact) mass is 322 g/mol. The Labute approximate surface area is 139 Å². The highest BCUT2D eigenvalue weighted by Crippen LogP contribution is 2.16. The third kappa shape index (κ3) is 3.98. The largest absolute Gasteiger partial charge is 0.375 e. The first-order valence-corrected chi connectivity index (χ1v) is 7.66. The van der Waals surface area contributed by atoms with Crippen LogP contribution in [0.4, 0.5) is 5.69 Å². The van der Waals surface area contributed by atoms with Crippen molar-refractivity contribution in [2.45, 2.75) is 20.0 Å². The van der Waals surface area contributed by atoms with Crippen LogP contribution in [0, 0.1) is 6.92 Å². The van der Waals surface area contributed by atoms with Crippen LogP contribution in [0.25, 0.3) is 0 Å². The summed E-state index contributed by atoms with van der Waals surface area (Å²) in [6.07, 6.45) is 0. The molecule has 0 bridgehead atoms. The van der Waals surface area contributed by atoms with Gasteiger partial charge in [-0.1, -0.05) is 47.6 Å². The van der Waals surface area contributed by atoms with Crippen LogP contribution in [-0.2, 0) is 13.1 Å². The molecular weight excluding hydrogens is 304 g/mol. The molecular formula is C18H18N4O2. The van der Waals surface area contributed by atoms with Crippen LogP contribution in [0.15, 0.2) is 59.1 Å². The summed E-state index contributed by atoms with van der Waals surface area (Å²) in [5, 5.41) is 9.84. The minimum absolute atomic E-state index is 0.135. The minimum atomic E-state index is -0.135. The molecule has 0 radical (unpaired) electrons. The van der Waals surface area contributed by atoms with Crippen molar-refractivity contribution < 1.29 is 9.32 Å². The Morgan fingerprint density at radius 1 is 1.04 bits per heavy atom. The zero-order valence-corrected chi connectivity index (χ0v) is 13.3. The molecule has 2 N–H and O–H groups in total. The summed E-state index contributed by atoms with van der Waals surface area (Å²) in [7, 11) is 0. The van der Waals surface area contributed by atoms with Crippen LogP contribution in [0.1, 0.15) is 27.6 Å². The second-order valence-corrected chi connectivity index (χ2v) is 5.30. The Morgan fingerprint density at radius 2 is 1.79 bits per heavy atom. The molecule has 0 fully saturated rings. The van der Waals surface area contributed by atoms with Gasteiger partial charge < -0.3 is 15.2 Å². The lowest BCUT2D eigenvalue weighted by Crippen LogP contribution is -2.23. The molecule has 122 valence electrons. The molecule has 1 aromatic heterocycles. The molecule has 0 atom stereocenters. The number of amides is 1. The first kappa shape index (κ1) is 15.7. The number of benzene rings is 2. The number of nitrogens with one attached hydrogen (secondary N) is 2. The maximum Gasteiger partial charge on any atom is 0.253 e. The average molecular weight is 322 g/mol. The molecule has 0 unspecified atom stereocenters. The van der Waals surface area contributed by atoms with Gasteiger partial charge >= 0.3 is 0 Å². The van der Waals surface area contributed by atoms with E-state index in [1.54, 1.807) is 13.0 Å². The van der Waals surface area contributed by atoms with Crippen molar-refractivity contribution >= 4 is 11.6 Å². The summed E-state index contributed by atoms with van der Waals surface area (Å²) in [5.41, 5.74) is 2.35. The molecule has 0 saturated carbocycles. The molecule has 0 aliphatic heterocycles. The van der Waals surface area contributed by atoms with Gasteiger partial charge in [0.1, 0.15) is 0 Å². The topological polar surface area (TPSA) is 80.0 Å². The SMILES string of the molecule is Cc1noc(CNc2ccccc2C(=O)NCc2ccccc2)n1. The van der Waals surface area contributed by atoms with E-state index in [0.29, 0.717) is 30.4 Å². The molecule has 0 saturated heterocycles. The molecule has 1 heterocycles. The lowest BCUT2D eigenvalue weighted by molar-refractivity contribution is 0.0951. The maximum absolute atomic E-state index is 12.5. The molecule has 6 nitrogen and oxygen atoms in total. The molecule has 24 heavy (non-hydrogen) atoms. The average Bonchev–Trinajstić information content (AvgIpc) is 3.04. The highest BCUT2D eigenvalue weighted by Gasteiger charge is 2.11. The Bertz CT molecular complexity index is 815. The smallest absolute Gasteiger partial charge is 0.253 e. The van der Waals surface area contributed by atoms with E-state index in [2.05, 4.69) is 20.8 Å². The van der Waals surface area contributed by atoms with Gasteiger partial charge in [-0.2, -0.15) is 4.98 Å². The molecule has 2 aromatic carbocycles. The Kier molecular flexibility index (Phi) is 4.86. The van der Waals surface area contributed by atoms with E-state index < -0.39 is 0 Å². The summed E-state index contributed by atoms with van der Waals surface area (Å²) >= 11 is 0. The van der Waals surface area contributed by atoms with Gasteiger partial charge in [-0.25, -0.2) is 0 Å². The Balaban J connectivity index is 1.65. The molecule has 6 heteroatoms. The molecule has 3 aromatic rings. The number of anilines is 1. The standard InChI is InChI=1S/C18H18N4O2/c1-13-21-17(24-22-13)12-19-16-10-6-5-9-15(16)18(23)20-11-14-7-3-2-4-8-14/h2-10,19H,11-12H2,1H3,(H,20,23). The summed E-state index contributed by atoms with van der Waals surface area (Å²) in [5.74, 6) is 0.927. The van der Waals surface area contributed by atoms with Crippen molar-refractivity contribution in [3.8, 4) is 0 Å². The predicted octanol–water partition coefficient (Wildman–Crippen LogP) is 2.92. The minimum Gasteiger partial charge on any atom is -0.375 e. The van der Waals surface area contributed by atoms with Gasteiger partial charge in [0.2, 0.25) is 5.89 Å². The highest BCUT2D eigenvalue weighted by atomic mass is 16.5. The fraction of sp³-hybridized carbons (Fsp3) is 0.167. The van der Waals surface area contributed by atoms with Crippen molar-refractivity contribution in [3.05, 3.63) is 77.4 Å². The number of rotatable bonds is 6. The van der Waals surface area contributed by atoms with E-state index in [4.69, 9.17) is 4.52 Å². The number of nitrogens with zero attached hydrogens (tertiary/aromatic N) is 2. The molecule has 1 amide bonds. The molecule has 0 aliphatic rings. The van der Waals surface area contributed by atoms with Gasteiger partial charge in [0.05, 0.1) is 12.1 Å². The summed E-state index contributed by atoms with van der Waals surface area (Å²) in [6, 6.07) is 17.1. The first-order chi connectivity index (χ1) is 11.7. The van der Waals surface area contributed by atoms with E-state index in [0.717, 1.165) is 11.3 Å². The van der Waals surface area contributed by atoms with Crippen LogP contribution in [0.3, 0.4) is 0 Å². The molecule has 0 aliphatic carbocycles. The zero-order valence-electron chi connectivity index (χ0n) is 13.3. The lowest BCUT2D eigenvalue weighted by atomic mass is 10.1. The van der Waals surface area contributed by atoms with Gasteiger partial charge in [-0.3, -0.25) is 4.79 Å². The Hall–Kier alpha value is -3.15. The van der Waals surface area contributed by atoms with Gasteiger partial charge in [0.15, 0.2) is 5.82 Å². The molecule has 3 rings (SSSR count). The highest BCUT2D eigenvalue weighted by molar-refractivity contribution is 5.99. The number of para-hydroxylation sites is 1. The number of carbonyl (C=O) groups is 1. The quantitative estimate of drug-likeness (QED) is 0.729. The van der Waals surface area contributed by atoms with Crippen LogP contribution in [0.5, 0.6) is 0 Å². The van der Waals surface area contributed by atoms with Crippen molar-refractivity contribution in [1.82, 2.24) is 15.5 Å². The second kappa shape index (κ2) is 7.41. The predicted molar refractivity (Wildman–Crippen MR) is 90.4 cm³/mol. The zero-order chi connectivity index (χ0) is 16.8. The van der Waals surface area contributed by atoms with Gasteiger partial charge in [-0.05, 0) is 24.6 Å². The lowest BCUT2D eigenvalue weighted by Gasteiger charge is -2.11. The van der Waals surface area contributed by atoms with E-state index in [1.165, 1.54) is 0 Å². The Morgan fingerprint density at radius 3 is 2.54 bits per heavy atom. The maximum atomic E-state index is 12.5. The summed E-state index contributed by atoms with van der Waals surface area (Å²) < 4.78 is 5.07. The van der Waals surface area contributed by atoms with E-state index in [9.17, 15) is 4.79 Å². The third-order valence-electron chi connectivity index (χ3n) is 3.47. The van der Waals surface area contributed by atoms with Crippen molar-refractivity contribution in [2.75, 3.05) is 5.32 Å². The van der Waals surface area contributed by atoms with Gasteiger partial charge in [0.25, 0.3) is 5.91 Å².